The number of aryl methyl sites for hydroxylation is 1. The second kappa shape index (κ2) is 7.08. The lowest BCUT2D eigenvalue weighted by Crippen LogP contribution is -2.39. The number of sulfonamides is 1. The lowest BCUT2D eigenvalue weighted by Gasteiger charge is -2.31. The topological polar surface area (TPSA) is 46.6 Å². The van der Waals surface area contributed by atoms with Crippen LogP contribution >= 0.6 is 31.9 Å². The molecule has 0 aromatic heterocycles. The van der Waals surface area contributed by atoms with Crippen molar-refractivity contribution in [3.05, 3.63) is 26.6 Å². The Balaban J connectivity index is 2.22. The van der Waals surface area contributed by atoms with Gasteiger partial charge in [0.1, 0.15) is 0 Å². The van der Waals surface area contributed by atoms with Gasteiger partial charge in [0.2, 0.25) is 10.0 Å². The lowest BCUT2D eigenvalue weighted by molar-refractivity contribution is 0.121. The van der Waals surface area contributed by atoms with Crippen molar-refractivity contribution < 1.29 is 13.2 Å². The summed E-state index contributed by atoms with van der Waals surface area (Å²) in [6.45, 7) is 3.73. The standard InChI is InChI=1S/C14H19Br2NO3S/c1-10-7-13(16)14(8-12(10)15)21(18,19)17-5-3-11(4-6-17)9-20-2/h7-8,11H,3-6,9H2,1-2H3. The first-order valence-corrected chi connectivity index (χ1v) is 9.83. The highest BCUT2D eigenvalue weighted by Crippen LogP contribution is 2.32. The van der Waals surface area contributed by atoms with Crippen molar-refractivity contribution in [1.29, 1.82) is 0 Å². The first-order valence-electron chi connectivity index (χ1n) is 6.81. The molecule has 2 rings (SSSR count). The zero-order chi connectivity index (χ0) is 15.6. The van der Waals surface area contributed by atoms with Crippen molar-refractivity contribution >= 4 is 41.9 Å². The fourth-order valence-corrected chi connectivity index (χ4v) is 5.63. The number of nitrogens with zero attached hydrogens (tertiary/aromatic N) is 1. The molecule has 118 valence electrons. The first kappa shape index (κ1) is 17.4. The van der Waals surface area contributed by atoms with Gasteiger partial charge in [-0.15, -0.1) is 0 Å². The van der Waals surface area contributed by atoms with Crippen LogP contribution < -0.4 is 0 Å². The van der Waals surface area contributed by atoms with E-state index in [1.54, 1.807) is 17.5 Å². The van der Waals surface area contributed by atoms with Gasteiger partial charge >= 0.3 is 0 Å². The van der Waals surface area contributed by atoms with Crippen LogP contribution in [0.4, 0.5) is 0 Å². The number of hydrogen-bond donors (Lipinski definition) is 0. The Kier molecular flexibility index (Phi) is 5.87. The number of methoxy groups -OCH3 is 1. The number of piperidine rings is 1. The molecule has 21 heavy (non-hydrogen) atoms. The molecule has 0 N–H and O–H groups in total. The van der Waals surface area contributed by atoms with Gasteiger partial charge < -0.3 is 4.74 Å². The molecule has 1 fully saturated rings. The molecule has 0 radical (unpaired) electrons. The van der Waals surface area contributed by atoms with Crippen molar-refractivity contribution in [3.63, 3.8) is 0 Å². The maximum atomic E-state index is 12.8. The monoisotopic (exact) mass is 439 g/mol. The van der Waals surface area contributed by atoms with Gasteiger partial charge in [0.15, 0.2) is 0 Å². The Labute approximate surface area is 143 Å². The van der Waals surface area contributed by atoms with Crippen molar-refractivity contribution in [3.8, 4) is 0 Å². The summed E-state index contributed by atoms with van der Waals surface area (Å²) in [7, 11) is -1.77. The van der Waals surface area contributed by atoms with E-state index in [0.717, 1.165) is 22.9 Å². The molecule has 1 aliphatic heterocycles. The number of rotatable bonds is 4. The van der Waals surface area contributed by atoms with Gasteiger partial charge in [-0.05, 0) is 59.3 Å². The minimum absolute atomic E-state index is 0.324. The van der Waals surface area contributed by atoms with E-state index in [-0.39, 0.29) is 0 Å². The highest BCUT2D eigenvalue weighted by Gasteiger charge is 2.31. The minimum Gasteiger partial charge on any atom is -0.384 e. The van der Waals surface area contributed by atoms with Gasteiger partial charge in [0.25, 0.3) is 0 Å². The molecule has 0 spiro atoms. The Morgan fingerprint density at radius 2 is 1.86 bits per heavy atom. The number of halogens is 2. The third-order valence-electron chi connectivity index (χ3n) is 3.81. The summed E-state index contributed by atoms with van der Waals surface area (Å²) in [5, 5.41) is 0. The van der Waals surface area contributed by atoms with E-state index in [2.05, 4.69) is 31.9 Å². The number of hydrogen-bond acceptors (Lipinski definition) is 3. The molecule has 4 nitrogen and oxygen atoms in total. The van der Waals surface area contributed by atoms with Crippen LogP contribution in [-0.4, -0.2) is 39.5 Å². The van der Waals surface area contributed by atoms with Crippen LogP contribution in [0.15, 0.2) is 26.0 Å². The summed E-state index contributed by atoms with van der Waals surface area (Å²) in [5.41, 5.74) is 1.000. The molecule has 1 aliphatic rings. The molecular weight excluding hydrogens is 422 g/mol. The first-order chi connectivity index (χ1) is 9.86. The molecule has 0 aliphatic carbocycles. The quantitative estimate of drug-likeness (QED) is 0.718. The van der Waals surface area contributed by atoms with Crippen molar-refractivity contribution in [1.82, 2.24) is 4.31 Å². The van der Waals surface area contributed by atoms with E-state index in [9.17, 15) is 8.42 Å². The zero-order valence-corrected chi connectivity index (χ0v) is 16.1. The molecule has 7 heteroatoms. The Morgan fingerprint density at radius 1 is 1.24 bits per heavy atom. The molecule has 0 amide bonds. The molecule has 1 aromatic carbocycles. The third-order valence-corrected chi connectivity index (χ3v) is 7.52. The Bertz CT molecular complexity index is 611. The molecule has 1 heterocycles. The lowest BCUT2D eigenvalue weighted by atomic mass is 9.99. The van der Waals surface area contributed by atoms with Crippen LogP contribution in [0.25, 0.3) is 0 Å². The SMILES string of the molecule is COCC1CCN(S(=O)(=O)c2cc(Br)c(C)cc2Br)CC1. The second-order valence-electron chi connectivity index (χ2n) is 5.33. The number of ether oxygens (including phenoxy) is 1. The molecule has 0 saturated carbocycles. The average Bonchev–Trinajstić information content (AvgIpc) is 2.43. The summed E-state index contributed by atoms with van der Waals surface area (Å²) in [6.07, 6.45) is 1.69. The predicted molar refractivity (Wildman–Crippen MR) is 89.9 cm³/mol. The van der Waals surface area contributed by atoms with Crippen LogP contribution in [0.1, 0.15) is 18.4 Å². The van der Waals surface area contributed by atoms with E-state index < -0.39 is 10.0 Å². The summed E-state index contributed by atoms with van der Waals surface area (Å²) in [4.78, 5) is 0.324. The smallest absolute Gasteiger partial charge is 0.244 e. The van der Waals surface area contributed by atoms with Gasteiger partial charge in [0, 0.05) is 35.8 Å². The largest absolute Gasteiger partial charge is 0.384 e. The summed E-state index contributed by atoms with van der Waals surface area (Å²) >= 11 is 6.78. The summed E-state index contributed by atoms with van der Waals surface area (Å²) in [6, 6.07) is 3.50. The van der Waals surface area contributed by atoms with Gasteiger partial charge in [-0.2, -0.15) is 4.31 Å². The van der Waals surface area contributed by atoms with Gasteiger partial charge in [-0.3, -0.25) is 0 Å². The van der Waals surface area contributed by atoms with Crippen LogP contribution in [0, 0.1) is 12.8 Å². The van der Waals surface area contributed by atoms with Gasteiger partial charge in [-0.25, -0.2) is 8.42 Å². The normalized spacial score (nSPS) is 18.1. The van der Waals surface area contributed by atoms with Crippen LogP contribution in [-0.2, 0) is 14.8 Å². The molecule has 1 aromatic rings. The average molecular weight is 441 g/mol. The van der Waals surface area contributed by atoms with Crippen LogP contribution in [0.3, 0.4) is 0 Å². The fourth-order valence-electron chi connectivity index (χ4n) is 2.52. The predicted octanol–water partition coefficient (Wildman–Crippen LogP) is 3.57. The molecule has 0 atom stereocenters. The van der Waals surface area contributed by atoms with Crippen LogP contribution in [0.5, 0.6) is 0 Å². The van der Waals surface area contributed by atoms with E-state index in [1.807, 2.05) is 13.0 Å². The number of benzene rings is 1. The van der Waals surface area contributed by atoms with Gasteiger partial charge in [0.05, 0.1) is 4.90 Å². The molecular formula is C14H19Br2NO3S. The fraction of sp³-hybridized carbons (Fsp3) is 0.571. The minimum atomic E-state index is -3.45. The highest BCUT2D eigenvalue weighted by molar-refractivity contribution is 9.11. The van der Waals surface area contributed by atoms with E-state index in [0.29, 0.717) is 35.0 Å². The maximum absolute atomic E-state index is 12.8. The maximum Gasteiger partial charge on any atom is 0.244 e. The van der Waals surface area contributed by atoms with Gasteiger partial charge in [-0.1, -0.05) is 15.9 Å². The Hall–Kier alpha value is 0.0500. The van der Waals surface area contributed by atoms with Crippen molar-refractivity contribution in [2.24, 2.45) is 5.92 Å². The van der Waals surface area contributed by atoms with Crippen LogP contribution in [0.2, 0.25) is 0 Å². The molecule has 1 saturated heterocycles. The van der Waals surface area contributed by atoms with E-state index in [4.69, 9.17) is 4.74 Å². The third kappa shape index (κ3) is 3.88. The summed E-state index contributed by atoms with van der Waals surface area (Å²) in [5.74, 6) is 0.453. The summed E-state index contributed by atoms with van der Waals surface area (Å²) < 4.78 is 33.7. The molecule has 0 bridgehead atoms. The van der Waals surface area contributed by atoms with E-state index in [1.165, 1.54) is 0 Å². The second-order valence-corrected chi connectivity index (χ2v) is 8.95. The van der Waals surface area contributed by atoms with Crippen molar-refractivity contribution in [2.45, 2.75) is 24.7 Å². The molecule has 0 unspecified atom stereocenters. The Morgan fingerprint density at radius 3 is 2.43 bits per heavy atom. The highest BCUT2D eigenvalue weighted by atomic mass is 79.9. The van der Waals surface area contributed by atoms with E-state index >= 15 is 0 Å². The van der Waals surface area contributed by atoms with Crippen molar-refractivity contribution in [2.75, 3.05) is 26.8 Å². The zero-order valence-electron chi connectivity index (χ0n) is 12.1.